The second kappa shape index (κ2) is 50.1. The zero-order valence-electron chi connectivity index (χ0n) is 58.6. The first-order valence-corrected chi connectivity index (χ1v) is 38.2. The van der Waals surface area contributed by atoms with Gasteiger partial charge in [-0.2, -0.15) is 0 Å². The standard InChI is InChI=1S/C35H43ClN6O7S.C33H41ClN6O6S.Na.5O.2Tc/c1-22-8-13-29-28(16-22)27(23(2)42(29)35(49)25-9-11-26(36)12-10-25)17-30(44)37-14-6-4-5-7-15-38-31(45)18-39-32(46)19-40-33(47)20-41-34(48)21-50-24(3)43;1-21-7-12-27-26(15-21)25(22(2)40(27)33(46)23-8-10-24(34)11-9-23)16-28(41)35-13-5-3-4-6-14-36-29(42)17-37-30(43)18-38-31(44)19-39-32(45)20-47;;;;;;;;/h8-13,16H,4-7,14-15,17-21H2,1-3H3,(H,37,44)(H,38,45)(H,39,46)(H,40,47)(H,41,48);7-12,15H,3-6,13-14,16-20H2,1-2H3,(H6,35,36,37,38,39,41,42,43,44,45,47);;;;;;;;/q;;+1;;;;;-1;+4;/p-4/i;;;;;;;;1+1;. The fraction of sp³-hybridized carbons (Fsp3) is 0.397. The number of aryl methyl sites for hydroxylation is 2. The Morgan fingerprint density at radius 1 is 0.467 bits per heavy atom. The number of rotatable bonds is 35. The van der Waals surface area contributed by atoms with Crippen LogP contribution >= 0.6 is 35.0 Å². The van der Waals surface area contributed by atoms with E-state index in [1.807, 2.05) is 64.1 Å². The van der Waals surface area contributed by atoms with Crippen molar-refractivity contribution < 1.29 is 144 Å². The first-order valence-electron chi connectivity index (χ1n) is 32.1. The summed E-state index contributed by atoms with van der Waals surface area (Å²) in [5, 5.41) is 31.4. The number of carbonyl (C=O) groups is 13. The monoisotopic (exact) mass is 1710 g/mol. The maximum absolute atomic E-state index is 13.4. The van der Waals surface area contributed by atoms with Gasteiger partial charge in [0.15, 0.2) is 5.12 Å². The summed E-state index contributed by atoms with van der Waals surface area (Å²) < 4.78 is 46.0. The number of aromatic nitrogens is 2. The molecule has 0 fully saturated rings. The van der Waals surface area contributed by atoms with Crippen molar-refractivity contribution in [1.29, 1.82) is 0 Å². The Kier molecular flexibility index (Phi) is 44.6. The van der Waals surface area contributed by atoms with Crippen molar-refractivity contribution in [1.82, 2.24) is 46.4 Å². The van der Waals surface area contributed by atoms with Crippen LogP contribution < -0.4 is 70.6 Å². The molecule has 561 valence electrons. The molecule has 0 atom stereocenters. The van der Waals surface area contributed by atoms with Gasteiger partial charge in [0.1, 0.15) is 0 Å². The SMILES string of the molecule is CC(=O)SCC(=O)NCC(=O)NCC(=O)NCC(=O)NCCCCCCNC(=O)Cc1c(C)n(C(=O)c2ccc(Cl)cc2)c2ccc(C)cc12.Cc1ccc2c(c1)c(CC(=O)NCCCCCCNC(=O)C[N-]C(=O)C[N-]C(=O)C[N-]C(=O)C[S-])c(C)n2C(=O)c1ccc(Cl)cc1.[Na+].[O]=[99Tc+4].[O]=[Tc](=[O])(=[O])[O-]. The van der Waals surface area contributed by atoms with Gasteiger partial charge >= 0.3 is 81.8 Å². The number of unbranched alkanes of at least 4 members (excludes halogenated alkanes) is 6. The Morgan fingerprint density at radius 2 is 0.790 bits per heavy atom. The van der Waals surface area contributed by atoms with Crippen molar-refractivity contribution in [2.24, 2.45) is 0 Å². The van der Waals surface area contributed by atoms with Crippen molar-refractivity contribution in [2.75, 3.05) is 77.0 Å². The summed E-state index contributed by atoms with van der Waals surface area (Å²) in [6.07, 6.45) is 6.58. The van der Waals surface area contributed by atoms with Crippen LogP contribution in [0.5, 0.6) is 0 Å². The van der Waals surface area contributed by atoms with Crippen LogP contribution in [0.3, 0.4) is 0 Å². The molecular weight excluding hydrogens is 1630 g/mol. The normalized spacial score (nSPS) is 10.5. The van der Waals surface area contributed by atoms with Crippen molar-refractivity contribution in [3.63, 3.8) is 0 Å². The van der Waals surface area contributed by atoms with Crippen LogP contribution in [-0.2, 0) is 127 Å². The molecule has 0 aliphatic rings. The van der Waals surface area contributed by atoms with E-state index in [-0.39, 0.29) is 115 Å². The van der Waals surface area contributed by atoms with Crippen LogP contribution in [0.1, 0.15) is 113 Å². The molecule has 2 heterocycles. The molecule has 0 spiro atoms. The summed E-state index contributed by atoms with van der Waals surface area (Å²) in [5.74, 6) is -5.45. The fourth-order valence-electron chi connectivity index (χ4n) is 9.79. The van der Waals surface area contributed by atoms with Crippen LogP contribution in [-0.4, -0.2) is 162 Å². The number of fused-ring (bicyclic) bond motifs is 2. The molecule has 0 saturated heterocycles. The van der Waals surface area contributed by atoms with Gasteiger partial charge < -0.3 is 80.2 Å². The average molecular weight is 1710 g/mol. The second-order valence-corrected chi connectivity index (χ2v) is 27.0. The van der Waals surface area contributed by atoms with Gasteiger partial charge in [-0.1, -0.05) is 97.0 Å². The number of carbonyl (C=O) groups excluding carboxylic acids is 13. The molecule has 6 aromatic rings. The van der Waals surface area contributed by atoms with E-state index < -0.39 is 70.0 Å². The van der Waals surface area contributed by atoms with E-state index in [0.717, 1.165) is 131 Å². The Morgan fingerprint density at radius 3 is 1.15 bits per heavy atom. The summed E-state index contributed by atoms with van der Waals surface area (Å²) in [4.78, 5) is 157. The third-order valence-corrected chi connectivity index (χ3v) is 16.4. The van der Waals surface area contributed by atoms with Gasteiger partial charge in [-0.3, -0.25) is 57.1 Å². The topological polar surface area (TPSA) is 450 Å². The van der Waals surface area contributed by atoms with Crippen LogP contribution in [0.25, 0.3) is 37.8 Å². The first kappa shape index (κ1) is 93.5. The van der Waals surface area contributed by atoms with Crippen LogP contribution in [0.2, 0.25) is 10.0 Å². The summed E-state index contributed by atoms with van der Waals surface area (Å²) in [6, 6.07) is 25.1. The number of amides is 10. The molecule has 7 N–H and O–H groups in total. The molecule has 105 heavy (non-hydrogen) atoms. The zero-order valence-corrected chi connectivity index (χ0v) is 67.4. The van der Waals surface area contributed by atoms with Crippen LogP contribution in [0.15, 0.2) is 84.9 Å². The minimum absolute atomic E-state index is 0. The number of thioether (sulfide) groups is 1. The Balaban J connectivity index is 0.000000650. The van der Waals surface area contributed by atoms with Crippen molar-refractivity contribution in [2.45, 2.75) is 98.8 Å². The number of benzene rings is 4. The van der Waals surface area contributed by atoms with Gasteiger partial charge in [0, 0.05) is 94.2 Å². The Bertz CT molecular complexity index is 4210. The van der Waals surface area contributed by atoms with Gasteiger partial charge in [0.25, 0.3) is 11.8 Å². The van der Waals surface area contributed by atoms with E-state index in [1.54, 1.807) is 57.7 Å². The van der Waals surface area contributed by atoms with Crippen molar-refractivity contribution >= 4 is 145 Å². The van der Waals surface area contributed by atoms with Gasteiger partial charge in [0.2, 0.25) is 41.4 Å². The predicted octanol–water partition coefficient (Wildman–Crippen LogP) is 2.08. The fourth-order valence-corrected chi connectivity index (χ4v) is 10.6. The molecule has 10 amide bonds. The molecule has 0 aliphatic carbocycles. The third kappa shape index (κ3) is 36.5. The quantitative estimate of drug-likeness (QED) is 0.0170. The second-order valence-electron chi connectivity index (χ2n) is 22.8. The number of nitrogens with one attached hydrogen (secondary N) is 7. The number of halogens is 2. The summed E-state index contributed by atoms with van der Waals surface area (Å²) in [6.45, 7) is 8.51. The van der Waals surface area contributed by atoms with Gasteiger partial charge in [-0.15, -0.1) is 5.75 Å². The van der Waals surface area contributed by atoms with E-state index in [4.69, 9.17) is 41.1 Å². The molecule has 30 nitrogen and oxygen atoms in total. The summed E-state index contributed by atoms with van der Waals surface area (Å²) >= 11 is 12.3. The molecule has 0 saturated carbocycles. The average Bonchev–Trinajstić information content (AvgIpc) is 1.62. The number of hydrogen-bond acceptors (Lipinski definition) is 20. The van der Waals surface area contributed by atoms with Crippen LogP contribution in [0, 0.1) is 27.7 Å². The van der Waals surface area contributed by atoms with E-state index in [1.165, 1.54) is 6.92 Å². The summed E-state index contributed by atoms with van der Waals surface area (Å²) in [5.41, 5.74) is 7.60. The zero-order chi connectivity index (χ0) is 77.5. The number of hydrogen-bond donors (Lipinski definition) is 7. The third-order valence-electron chi connectivity index (χ3n) is 14.8. The van der Waals surface area contributed by atoms with Gasteiger partial charge in [-0.05, 0) is 144 Å². The summed E-state index contributed by atoms with van der Waals surface area (Å²) in [7, 11) is 0. The van der Waals surface area contributed by atoms with Crippen LogP contribution in [0.4, 0.5) is 0 Å². The Hall–Kier alpha value is -7.59. The predicted molar refractivity (Wildman–Crippen MR) is 378 cm³/mol. The molecule has 4 aromatic carbocycles. The maximum atomic E-state index is 13.4. The van der Waals surface area contributed by atoms with E-state index >= 15 is 0 Å². The Labute approximate surface area is 661 Å². The van der Waals surface area contributed by atoms with E-state index in [2.05, 4.69) is 65.8 Å². The molecular formula is C68H80Cl2N12NaO18S2Tc2. The van der Waals surface area contributed by atoms with Gasteiger partial charge in [0.05, 0.1) is 49.3 Å². The molecule has 37 heteroatoms. The van der Waals surface area contributed by atoms with Crippen molar-refractivity contribution in [3.8, 4) is 0 Å². The van der Waals surface area contributed by atoms with Gasteiger partial charge in [-0.25, -0.2) is 0 Å². The van der Waals surface area contributed by atoms with E-state index in [0.29, 0.717) is 53.8 Å². The molecule has 2 aromatic heterocycles. The molecule has 0 unspecified atom stereocenters. The van der Waals surface area contributed by atoms with E-state index in [9.17, 15) is 62.3 Å². The molecule has 0 aliphatic heterocycles. The number of nitrogens with zero attached hydrogens (tertiary/aromatic N) is 5. The van der Waals surface area contributed by atoms with Crippen molar-refractivity contribution in [3.05, 3.63) is 156 Å². The molecule has 0 radical (unpaired) electrons. The minimum atomic E-state index is -5.94. The first-order chi connectivity index (χ1) is 49.3. The molecule has 0 bridgehead atoms. The molecule has 6 rings (SSSR count).